The minimum absolute atomic E-state index is 0.246. The van der Waals surface area contributed by atoms with Gasteiger partial charge < -0.3 is 14.5 Å². The van der Waals surface area contributed by atoms with Crippen molar-refractivity contribution in [2.75, 3.05) is 11.9 Å². The number of aryl methyl sites for hydroxylation is 2. The van der Waals surface area contributed by atoms with Crippen molar-refractivity contribution in [1.82, 2.24) is 9.78 Å². The lowest BCUT2D eigenvalue weighted by Gasteiger charge is -2.09. The van der Waals surface area contributed by atoms with Crippen molar-refractivity contribution in [2.45, 2.75) is 27.3 Å². The normalized spacial score (nSPS) is 10.8. The summed E-state index contributed by atoms with van der Waals surface area (Å²) in [4.78, 5) is 24.6. The lowest BCUT2D eigenvalue weighted by atomic mass is 10.1. The Morgan fingerprint density at radius 1 is 1.28 bits per heavy atom. The number of hydrogen-bond donors (Lipinski definition) is 1. The maximum atomic E-state index is 12.7. The van der Waals surface area contributed by atoms with Gasteiger partial charge in [-0.3, -0.25) is 4.79 Å². The van der Waals surface area contributed by atoms with E-state index in [9.17, 15) is 9.59 Å². The molecule has 7 heteroatoms. The van der Waals surface area contributed by atoms with Crippen LogP contribution in [0, 0.1) is 6.92 Å². The van der Waals surface area contributed by atoms with Crippen LogP contribution >= 0.6 is 0 Å². The monoisotopic (exact) mass is 341 g/mol. The van der Waals surface area contributed by atoms with Crippen LogP contribution in [0.25, 0.3) is 11.0 Å². The van der Waals surface area contributed by atoms with E-state index in [0.717, 1.165) is 5.69 Å². The summed E-state index contributed by atoms with van der Waals surface area (Å²) in [5, 5.41) is 7.64. The van der Waals surface area contributed by atoms with Crippen LogP contribution in [0.4, 0.5) is 5.82 Å². The zero-order valence-corrected chi connectivity index (χ0v) is 14.3. The molecule has 2 aromatic heterocycles. The molecule has 0 aliphatic heterocycles. The lowest BCUT2D eigenvalue weighted by molar-refractivity contribution is 0.102. The van der Waals surface area contributed by atoms with E-state index in [2.05, 4.69) is 10.4 Å². The number of hydrogen-bond acceptors (Lipinski definition) is 5. The van der Waals surface area contributed by atoms with Crippen LogP contribution in [0.15, 0.2) is 39.5 Å². The summed E-state index contributed by atoms with van der Waals surface area (Å²) in [5.41, 5.74) is 0.766. The maximum Gasteiger partial charge on any atom is 0.337 e. The molecular formula is C18H19N3O4. The molecule has 0 bridgehead atoms. The van der Waals surface area contributed by atoms with Crippen LogP contribution in [-0.4, -0.2) is 22.3 Å². The van der Waals surface area contributed by atoms with E-state index >= 15 is 0 Å². The summed E-state index contributed by atoms with van der Waals surface area (Å²) in [6.45, 7) is 6.77. The molecule has 1 amide bonds. The molecule has 0 atom stereocenters. The molecule has 0 saturated carbocycles. The summed E-state index contributed by atoms with van der Waals surface area (Å²) in [5.74, 6) is 0.768. The van der Waals surface area contributed by atoms with Crippen molar-refractivity contribution in [2.24, 2.45) is 0 Å². The van der Waals surface area contributed by atoms with Gasteiger partial charge in [0.05, 0.1) is 17.9 Å². The molecule has 0 aliphatic carbocycles. The molecule has 3 rings (SSSR count). The van der Waals surface area contributed by atoms with Crippen LogP contribution in [-0.2, 0) is 6.54 Å². The van der Waals surface area contributed by atoms with Gasteiger partial charge in [0.1, 0.15) is 17.2 Å². The zero-order valence-electron chi connectivity index (χ0n) is 14.3. The van der Waals surface area contributed by atoms with Gasteiger partial charge >= 0.3 is 5.63 Å². The molecule has 25 heavy (non-hydrogen) atoms. The lowest BCUT2D eigenvalue weighted by Crippen LogP contribution is -2.17. The molecule has 0 fully saturated rings. The molecule has 1 N–H and O–H groups in total. The van der Waals surface area contributed by atoms with Crippen molar-refractivity contribution < 1.29 is 13.9 Å². The van der Waals surface area contributed by atoms with E-state index in [4.69, 9.17) is 9.15 Å². The Kier molecular flexibility index (Phi) is 4.56. The molecule has 1 aromatic carbocycles. The third kappa shape index (κ3) is 3.40. The number of ether oxygens (including phenoxy) is 1. The molecule has 0 saturated heterocycles. The minimum atomic E-state index is -0.591. The zero-order chi connectivity index (χ0) is 18.0. The molecule has 0 radical (unpaired) electrons. The first-order valence-corrected chi connectivity index (χ1v) is 8.08. The second-order valence-corrected chi connectivity index (χ2v) is 5.51. The van der Waals surface area contributed by atoms with E-state index in [-0.39, 0.29) is 5.56 Å². The number of nitrogens with zero attached hydrogens (tertiary/aromatic N) is 2. The molecule has 0 spiro atoms. The maximum absolute atomic E-state index is 12.7. The highest BCUT2D eigenvalue weighted by Crippen LogP contribution is 2.23. The number of rotatable bonds is 5. The van der Waals surface area contributed by atoms with E-state index in [1.165, 1.54) is 6.07 Å². The van der Waals surface area contributed by atoms with Crippen LogP contribution in [0.3, 0.4) is 0 Å². The summed E-state index contributed by atoms with van der Waals surface area (Å²) in [6.07, 6.45) is 0. The first-order valence-electron chi connectivity index (χ1n) is 8.08. The number of carbonyl (C=O) groups excluding carboxylic acids is 1. The molecule has 7 nitrogen and oxygen atoms in total. The topological polar surface area (TPSA) is 86.4 Å². The Morgan fingerprint density at radius 3 is 2.80 bits per heavy atom. The SMILES string of the molecule is CCOc1ccc2c(C(=O)Nc3cc(C)nn3CC)cc(=O)oc2c1. The van der Waals surface area contributed by atoms with E-state index < -0.39 is 11.5 Å². The van der Waals surface area contributed by atoms with Crippen molar-refractivity contribution in [3.05, 3.63) is 52.0 Å². The van der Waals surface area contributed by atoms with Gasteiger partial charge in [-0.15, -0.1) is 0 Å². The molecule has 0 aliphatic rings. The van der Waals surface area contributed by atoms with Gasteiger partial charge in [0.2, 0.25) is 0 Å². The van der Waals surface area contributed by atoms with Crippen molar-refractivity contribution in [3.8, 4) is 5.75 Å². The highest BCUT2D eigenvalue weighted by atomic mass is 16.5. The first kappa shape index (κ1) is 16.8. The number of nitrogens with one attached hydrogen (secondary N) is 1. The number of benzene rings is 1. The fraction of sp³-hybridized carbons (Fsp3) is 0.278. The predicted molar refractivity (Wildman–Crippen MR) is 94.2 cm³/mol. The Labute approximate surface area is 144 Å². The van der Waals surface area contributed by atoms with Crippen LogP contribution < -0.4 is 15.7 Å². The smallest absolute Gasteiger partial charge is 0.337 e. The third-order valence-electron chi connectivity index (χ3n) is 3.71. The Balaban J connectivity index is 2.02. The van der Waals surface area contributed by atoms with Crippen molar-refractivity contribution >= 4 is 22.7 Å². The van der Waals surface area contributed by atoms with Gasteiger partial charge in [0.25, 0.3) is 5.91 Å². The van der Waals surface area contributed by atoms with Crippen molar-refractivity contribution in [1.29, 1.82) is 0 Å². The third-order valence-corrected chi connectivity index (χ3v) is 3.71. The van der Waals surface area contributed by atoms with Crippen LogP contribution in [0.2, 0.25) is 0 Å². The fourth-order valence-corrected chi connectivity index (χ4v) is 2.66. The Morgan fingerprint density at radius 2 is 2.08 bits per heavy atom. The highest BCUT2D eigenvalue weighted by molar-refractivity contribution is 6.11. The van der Waals surface area contributed by atoms with Gasteiger partial charge in [-0.2, -0.15) is 5.10 Å². The van der Waals surface area contributed by atoms with E-state index in [0.29, 0.717) is 35.7 Å². The van der Waals surface area contributed by atoms with Gasteiger partial charge in [0, 0.05) is 30.1 Å². The molecule has 2 heterocycles. The Hall–Kier alpha value is -3.09. The second kappa shape index (κ2) is 6.80. The predicted octanol–water partition coefficient (Wildman–Crippen LogP) is 2.97. The number of carbonyl (C=O) groups is 1. The largest absolute Gasteiger partial charge is 0.494 e. The number of amides is 1. The van der Waals surface area contributed by atoms with E-state index in [1.807, 2.05) is 20.8 Å². The first-order chi connectivity index (χ1) is 12.0. The average Bonchev–Trinajstić information content (AvgIpc) is 2.93. The van der Waals surface area contributed by atoms with Gasteiger partial charge in [-0.05, 0) is 32.9 Å². The van der Waals surface area contributed by atoms with Crippen LogP contribution in [0.1, 0.15) is 29.9 Å². The summed E-state index contributed by atoms with van der Waals surface area (Å²) < 4.78 is 12.3. The number of anilines is 1. The summed E-state index contributed by atoms with van der Waals surface area (Å²) >= 11 is 0. The molecule has 130 valence electrons. The van der Waals surface area contributed by atoms with Crippen molar-refractivity contribution in [3.63, 3.8) is 0 Å². The second-order valence-electron chi connectivity index (χ2n) is 5.51. The molecule has 0 unspecified atom stereocenters. The highest BCUT2D eigenvalue weighted by Gasteiger charge is 2.16. The quantitative estimate of drug-likeness (QED) is 0.721. The summed E-state index contributed by atoms with van der Waals surface area (Å²) in [7, 11) is 0. The van der Waals surface area contributed by atoms with Gasteiger partial charge in [-0.1, -0.05) is 0 Å². The van der Waals surface area contributed by atoms with E-state index in [1.54, 1.807) is 28.9 Å². The van der Waals surface area contributed by atoms with Crippen LogP contribution in [0.5, 0.6) is 5.75 Å². The van der Waals surface area contributed by atoms with Gasteiger partial charge in [-0.25, -0.2) is 9.48 Å². The minimum Gasteiger partial charge on any atom is -0.494 e. The number of aromatic nitrogens is 2. The average molecular weight is 341 g/mol. The molecule has 3 aromatic rings. The summed E-state index contributed by atoms with van der Waals surface area (Å²) in [6, 6.07) is 8.03. The molecular weight excluding hydrogens is 322 g/mol. The Bertz CT molecular complexity index is 988. The standard InChI is InChI=1S/C18H19N3O4/c1-4-21-16(8-11(3)20-21)19-18(23)14-10-17(22)25-15-9-12(24-5-2)6-7-13(14)15/h6-10H,4-5H2,1-3H3,(H,19,23). The number of fused-ring (bicyclic) bond motifs is 1. The fourth-order valence-electron chi connectivity index (χ4n) is 2.66. The van der Waals surface area contributed by atoms with Gasteiger partial charge in [0.15, 0.2) is 0 Å².